The molecule has 0 radical (unpaired) electrons. The van der Waals surface area contributed by atoms with Gasteiger partial charge in [-0.05, 0) is 37.4 Å². The van der Waals surface area contributed by atoms with Gasteiger partial charge in [0.1, 0.15) is 5.65 Å². The van der Waals surface area contributed by atoms with Crippen LogP contribution in [-0.2, 0) is 11.2 Å². The van der Waals surface area contributed by atoms with Crippen molar-refractivity contribution in [1.29, 1.82) is 0 Å². The number of amides is 1. The highest BCUT2D eigenvalue weighted by Gasteiger charge is 2.25. The summed E-state index contributed by atoms with van der Waals surface area (Å²) in [6, 6.07) is 6.06. The lowest BCUT2D eigenvalue weighted by molar-refractivity contribution is -0.121. The Morgan fingerprint density at radius 1 is 1.30 bits per heavy atom. The zero-order valence-electron chi connectivity index (χ0n) is 13.0. The molecule has 1 aliphatic rings. The summed E-state index contributed by atoms with van der Waals surface area (Å²) in [5, 5.41) is 3.14. The van der Waals surface area contributed by atoms with E-state index in [1.165, 1.54) is 12.8 Å². The summed E-state index contributed by atoms with van der Waals surface area (Å²) >= 11 is 0. The van der Waals surface area contributed by atoms with Crippen LogP contribution in [0, 0.1) is 5.92 Å². The number of carbonyl (C=O) groups excluding carboxylic acids is 1. The van der Waals surface area contributed by atoms with Crippen molar-refractivity contribution in [2.45, 2.75) is 38.1 Å². The Labute approximate surface area is 148 Å². The van der Waals surface area contributed by atoms with Gasteiger partial charge in [0, 0.05) is 18.4 Å². The van der Waals surface area contributed by atoms with E-state index in [0.29, 0.717) is 18.9 Å². The summed E-state index contributed by atoms with van der Waals surface area (Å²) in [5.41, 5.74) is 7.48. The van der Waals surface area contributed by atoms with Gasteiger partial charge in [0.05, 0.1) is 12.1 Å². The maximum absolute atomic E-state index is 12.2. The number of pyridine rings is 1. The highest BCUT2D eigenvalue weighted by Crippen LogP contribution is 2.23. The fourth-order valence-electron chi connectivity index (χ4n) is 3.17. The van der Waals surface area contributed by atoms with Gasteiger partial charge >= 0.3 is 0 Å². The Morgan fingerprint density at radius 2 is 2.09 bits per heavy atom. The Hall–Kier alpha value is -1.30. The average molecular weight is 359 g/mol. The van der Waals surface area contributed by atoms with Crippen LogP contribution in [0.3, 0.4) is 0 Å². The standard InChI is InChI=1S/C16H22N4O.2ClH/c17-10-12-5-1-2-6-14(12)19-16(21)9-13-11-20-8-4-3-7-15(20)18-13;;/h3-4,7-8,11-12,14H,1-2,5-6,9-10,17H2,(H,19,21);2*1H. The van der Waals surface area contributed by atoms with Gasteiger partial charge in [0.15, 0.2) is 0 Å². The molecule has 3 rings (SSSR count). The molecular formula is C16H24Cl2N4O. The molecule has 0 aliphatic heterocycles. The second-order valence-electron chi connectivity index (χ2n) is 5.83. The van der Waals surface area contributed by atoms with E-state index in [9.17, 15) is 4.79 Å². The molecule has 2 atom stereocenters. The van der Waals surface area contributed by atoms with Gasteiger partial charge in [-0.3, -0.25) is 4.79 Å². The minimum atomic E-state index is 0. The number of carbonyl (C=O) groups is 1. The molecule has 2 aromatic heterocycles. The van der Waals surface area contributed by atoms with Crippen molar-refractivity contribution in [2.24, 2.45) is 11.7 Å². The molecule has 0 spiro atoms. The summed E-state index contributed by atoms with van der Waals surface area (Å²) in [4.78, 5) is 16.7. The molecule has 1 aliphatic carbocycles. The smallest absolute Gasteiger partial charge is 0.226 e. The molecule has 5 nitrogen and oxygen atoms in total. The third-order valence-electron chi connectivity index (χ3n) is 4.31. The lowest BCUT2D eigenvalue weighted by Crippen LogP contribution is -2.45. The Bertz CT molecular complexity index is 598. The Balaban J connectivity index is 0.00000132. The number of nitrogens with zero attached hydrogens (tertiary/aromatic N) is 2. The predicted octanol–water partition coefficient (Wildman–Crippen LogP) is 2.35. The Kier molecular flexibility index (Phi) is 7.82. The summed E-state index contributed by atoms with van der Waals surface area (Å²) in [6.07, 6.45) is 8.74. The summed E-state index contributed by atoms with van der Waals surface area (Å²) < 4.78 is 1.94. The van der Waals surface area contributed by atoms with E-state index < -0.39 is 0 Å². The first-order valence-corrected chi connectivity index (χ1v) is 7.68. The van der Waals surface area contributed by atoms with E-state index in [-0.39, 0.29) is 36.8 Å². The second kappa shape index (κ2) is 9.11. The molecule has 2 aromatic rings. The first kappa shape index (κ1) is 19.7. The average Bonchev–Trinajstić information content (AvgIpc) is 2.89. The summed E-state index contributed by atoms with van der Waals surface area (Å²) in [6.45, 7) is 0.652. The van der Waals surface area contributed by atoms with Crippen LogP contribution in [-0.4, -0.2) is 27.9 Å². The molecule has 23 heavy (non-hydrogen) atoms. The number of halogens is 2. The maximum atomic E-state index is 12.2. The molecule has 7 heteroatoms. The van der Waals surface area contributed by atoms with E-state index >= 15 is 0 Å². The third-order valence-corrected chi connectivity index (χ3v) is 4.31. The van der Waals surface area contributed by atoms with E-state index in [4.69, 9.17) is 5.73 Å². The van der Waals surface area contributed by atoms with Crippen molar-refractivity contribution < 1.29 is 4.79 Å². The number of fused-ring (bicyclic) bond motifs is 1. The monoisotopic (exact) mass is 358 g/mol. The van der Waals surface area contributed by atoms with Gasteiger partial charge in [-0.15, -0.1) is 24.8 Å². The molecule has 0 aromatic carbocycles. The molecule has 1 saturated carbocycles. The number of hydrogen-bond donors (Lipinski definition) is 2. The Morgan fingerprint density at radius 3 is 2.83 bits per heavy atom. The van der Waals surface area contributed by atoms with Gasteiger partial charge in [-0.25, -0.2) is 4.98 Å². The van der Waals surface area contributed by atoms with E-state index in [1.807, 2.05) is 35.0 Å². The zero-order valence-corrected chi connectivity index (χ0v) is 14.6. The SMILES string of the molecule is Cl.Cl.NCC1CCCCC1NC(=O)Cc1cn2ccccc2n1. The number of nitrogens with two attached hydrogens (primary N) is 1. The first-order chi connectivity index (χ1) is 10.3. The zero-order chi connectivity index (χ0) is 14.7. The number of imidazole rings is 1. The van der Waals surface area contributed by atoms with Crippen molar-refractivity contribution in [3.05, 3.63) is 36.3 Å². The molecule has 3 N–H and O–H groups in total. The first-order valence-electron chi connectivity index (χ1n) is 7.68. The fraction of sp³-hybridized carbons (Fsp3) is 0.500. The van der Waals surface area contributed by atoms with Crippen molar-refractivity contribution >= 4 is 36.4 Å². The molecule has 0 saturated heterocycles. The third kappa shape index (κ3) is 4.83. The van der Waals surface area contributed by atoms with Crippen LogP contribution in [0.2, 0.25) is 0 Å². The van der Waals surface area contributed by atoms with Crippen molar-refractivity contribution in [1.82, 2.24) is 14.7 Å². The highest BCUT2D eigenvalue weighted by molar-refractivity contribution is 5.85. The van der Waals surface area contributed by atoms with Crippen molar-refractivity contribution in [2.75, 3.05) is 6.54 Å². The van der Waals surface area contributed by atoms with Crippen LogP contribution in [0.15, 0.2) is 30.6 Å². The predicted molar refractivity (Wildman–Crippen MR) is 96.3 cm³/mol. The quantitative estimate of drug-likeness (QED) is 0.880. The van der Waals surface area contributed by atoms with E-state index in [0.717, 1.165) is 24.2 Å². The second-order valence-corrected chi connectivity index (χ2v) is 5.83. The minimum Gasteiger partial charge on any atom is -0.353 e. The lowest BCUT2D eigenvalue weighted by Gasteiger charge is -2.31. The van der Waals surface area contributed by atoms with Crippen LogP contribution in [0.5, 0.6) is 0 Å². The minimum absolute atomic E-state index is 0. The van der Waals surface area contributed by atoms with E-state index in [2.05, 4.69) is 10.3 Å². The van der Waals surface area contributed by atoms with E-state index in [1.54, 1.807) is 0 Å². The maximum Gasteiger partial charge on any atom is 0.226 e. The normalized spacial score (nSPS) is 20.4. The number of aromatic nitrogens is 2. The van der Waals surface area contributed by atoms with Gasteiger partial charge in [0.2, 0.25) is 5.91 Å². The topological polar surface area (TPSA) is 72.4 Å². The van der Waals surface area contributed by atoms with Crippen molar-refractivity contribution in [3.63, 3.8) is 0 Å². The highest BCUT2D eigenvalue weighted by atomic mass is 35.5. The summed E-state index contributed by atoms with van der Waals surface area (Å²) in [5.74, 6) is 0.465. The van der Waals surface area contributed by atoms with Crippen LogP contribution < -0.4 is 11.1 Å². The molecule has 1 fully saturated rings. The van der Waals surface area contributed by atoms with Crippen molar-refractivity contribution in [3.8, 4) is 0 Å². The molecule has 1 amide bonds. The fourth-order valence-corrected chi connectivity index (χ4v) is 3.17. The van der Waals surface area contributed by atoms with Crippen LogP contribution in [0.1, 0.15) is 31.4 Å². The molecule has 0 bridgehead atoms. The summed E-state index contributed by atoms with van der Waals surface area (Å²) in [7, 11) is 0. The van der Waals surface area contributed by atoms with Gasteiger partial charge in [-0.1, -0.05) is 18.9 Å². The number of hydrogen-bond acceptors (Lipinski definition) is 3. The van der Waals surface area contributed by atoms with Gasteiger partial charge < -0.3 is 15.5 Å². The van der Waals surface area contributed by atoms with Crippen LogP contribution in [0.4, 0.5) is 0 Å². The van der Waals surface area contributed by atoms with Crippen LogP contribution >= 0.6 is 24.8 Å². The number of nitrogens with one attached hydrogen (secondary N) is 1. The molecular weight excluding hydrogens is 335 g/mol. The molecule has 2 heterocycles. The van der Waals surface area contributed by atoms with Gasteiger partial charge in [-0.2, -0.15) is 0 Å². The van der Waals surface area contributed by atoms with Gasteiger partial charge in [0.25, 0.3) is 0 Å². The lowest BCUT2D eigenvalue weighted by atomic mass is 9.84. The number of rotatable bonds is 4. The molecule has 2 unspecified atom stereocenters. The van der Waals surface area contributed by atoms with Crippen LogP contribution in [0.25, 0.3) is 5.65 Å². The largest absolute Gasteiger partial charge is 0.353 e. The molecule has 128 valence electrons.